The summed E-state index contributed by atoms with van der Waals surface area (Å²) in [7, 11) is 0. The maximum Gasteiger partial charge on any atom is 0.106 e. The van der Waals surface area contributed by atoms with Crippen LogP contribution in [0.5, 0.6) is 0 Å². The molecule has 2 nitrogen and oxygen atoms in total. The zero-order valence-electron chi connectivity index (χ0n) is 10.5. The largest absolute Gasteiger partial charge is 0.389 e. The molecule has 1 atom stereocenters. The van der Waals surface area contributed by atoms with Gasteiger partial charge in [0.1, 0.15) is 4.99 Å². The van der Waals surface area contributed by atoms with E-state index in [0.717, 1.165) is 17.7 Å². The van der Waals surface area contributed by atoms with E-state index in [1.54, 1.807) is 6.07 Å². The zero-order valence-corrected chi connectivity index (χ0v) is 12.0. The van der Waals surface area contributed by atoms with E-state index in [2.05, 4.69) is 26.1 Å². The van der Waals surface area contributed by atoms with Crippen molar-refractivity contribution >= 4 is 34.5 Å². The third kappa shape index (κ3) is 4.52. The van der Waals surface area contributed by atoms with Crippen LogP contribution < -0.4 is 11.1 Å². The van der Waals surface area contributed by atoms with Crippen LogP contribution in [0.1, 0.15) is 32.8 Å². The Bertz CT molecular complexity index is 404. The molecule has 0 saturated carbocycles. The van der Waals surface area contributed by atoms with Crippen molar-refractivity contribution in [3.05, 3.63) is 28.8 Å². The van der Waals surface area contributed by atoms with Crippen LogP contribution in [0.3, 0.4) is 0 Å². The van der Waals surface area contributed by atoms with Gasteiger partial charge in [-0.3, -0.25) is 0 Å². The van der Waals surface area contributed by atoms with E-state index < -0.39 is 0 Å². The van der Waals surface area contributed by atoms with Crippen LogP contribution in [0.2, 0.25) is 5.02 Å². The van der Waals surface area contributed by atoms with Gasteiger partial charge in [-0.25, -0.2) is 0 Å². The molecule has 0 aromatic heterocycles. The average molecular weight is 271 g/mol. The molecule has 0 bridgehead atoms. The minimum atomic E-state index is 0.367. The number of nitrogens with one attached hydrogen (secondary N) is 1. The highest BCUT2D eigenvalue weighted by molar-refractivity contribution is 7.80. The Labute approximate surface area is 114 Å². The van der Waals surface area contributed by atoms with Crippen LogP contribution >= 0.6 is 23.8 Å². The first kappa shape index (κ1) is 14.3. The summed E-state index contributed by atoms with van der Waals surface area (Å²) in [5.74, 6) is 0.651. The summed E-state index contributed by atoms with van der Waals surface area (Å²) >= 11 is 11.0. The number of hydrogen-bond acceptors (Lipinski definition) is 2. The fraction of sp³-hybridized carbons (Fsp3) is 0.462. The Morgan fingerprint density at radius 1 is 1.41 bits per heavy atom. The molecule has 0 aliphatic rings. The van der Waals surface area contributed by atoms with Crippen molar-refractivity contribution in [3.63, 3.8) is 0 Å². The minimum absolute atomic E-state index is 0.367. The second-order valence-electron chi connectivity index (χ2n) is 4.73. The second kappa shape index (κ2) is 6.22. The van der Waals surface area contributed by atoms with E-state index >= 15 is 0 Å². The Morgan fingerprint density at radius 3 is 2.59 bits per heavy atom. The number of hydrogen-bond donors (Lipinski definition) is 2. The lowest BCUT2D eigenvalue weighted by molar-refractivity contribution is 0.540. The van der Waals surface area contributed by atoms with Crippen LogP contribution in [0.4, 0.5) is 5.69 Å². The normalized spacial score (nSPS) is 12.5. The van der Waals surface area contributed by atoms with Gasteiger partial charge in [0.05, 0.1) is 0 Å². The molecule has 94 valence electrons. The third-order valence-electron chi connectivity index (χ3n) is 2.47. The van der Waals surface area contributed by atoms with Crippen LogP contribution in [0, 0.1) is 5.92 Å². The number of nitrogens with two attached hydrogens (primary N) is 1. The summed E-state index contributed by atoms with van der Waals surface area (Å²) in [4.78, 5) is 0.367. The first-order valence-corrected chi connectivity index (χ1v) is 6.54. The molecule has 0 amide bonds. The lowest BCUT2D eigenvalue weighted by Crippen LogP contribution is -2.20. The van der Waals surface area contributed by atoms with Gasteiger partial charge in [0, 0.05) is 22.3 Å². The van der Waals surface area contributed by atoms with Crippen molar-refractivity contribution in [2.24, 2.45) is 11.7 Å². The topological polar surface area (TPSA) is 38.0 Å². The molecule has 17 heavy (non-hydrogen) atoms. The standard InChI is InChI=1S/C13H19ClN2S/c1-8(2)6-9(3)16-12-5-4-10(14)7-11(12)13(15)17/h4-5,7-9,16H,6H2,1-3H3,(H2,15,17). The Hall–Kier alpha value is -0.800. The molecule has 0 spiro atoms. The van der Waals surface area contributed by atoms with Crippen LogP contribution in [-0.2, 0) is 0 Å². The van der Waals surface area contributed by atoms with Crippen molar-refractivity contribution in [2.45, 2.75) is 33.2 Å². The summed E-state index contributed by atoms with van der Waals surface area (Å²) in [5, 5.41) is 4.07. The summed E-state index contributed by atoms with van der Waals surface area (Å²) in [6.45, 7) is 6.56. The quantitative estimate of drug-likeness (QED) is 0.799. The zero-order chi connectivity index (χ0) is 13.0. The van der Waals surface area contributed by atoms with Crippen molar-refractivity contribution in [3.8, 4) is 0 Å². The van der Waals surface area contributed by atoms with Crippen molar-refractivity contribution < 1.29 is 0 Å². The third-order valence-corrected chi connectivity index (χ3v) is 2.93. The SMILES string of the molecule is CC(C)CC(C)Nc1ccc(Cl)cc1C(N)=S. The van der Waals surface area contributed by atoms with Gasteiger partial charge in [-0.1, -0.05) is 37.7 Å². The lowest BCUT2D eigenvalue weighted by atomic mass is 10.0. The smallest absolute Gasteiger partial charge is 0.106 e. The molecule has 0 heterocycles. The van der Waals surface area contributed by atoms with Crippen LogP contribution in [-0.4, -0.2) is 11.0 Å². The van der Waals surface area contributed by atoms with E-state index in [1.165, 1.54) is 0 Å². The molecule has 0 aliphatic carbocycles. The molecule has 0 fully saturated rings. The monoisotopic (exact) mass is 270 g/mol. The molecule has 0 aliphatic heterocycles. The maximum atomic E-state index is 5.94. The molecule has 1 unspecified atom stereocenters. The molecule has 1 aromatic carbocycles. The summed E-state index contributed by atoms with van der Waals surface area (Å²) in [6.07, 6.45) is 1.10. The molecular formula is C13H19ClN2S. The number of thiocarbonyl (C=S) groups is 1. The highest BCUT2D eigenvalue weighted by atomic mass is 35.5. The molecular weight excluding hydrogens is 252 g/mol. The minimum Gasteiger partial charge on any atom is -0.389 e. The van der Waals surface area contributed by atoms with Crippen molar-refractivity contribution in [2.75, 3.05) is 5.32 Å². The van der Waals surface area contributed by atoms with Gasteiger partial charge in [-0.05, 0) is 37.5 Å². The average Bonchev–Trinajstić information content (AvgIpc) is 2.19. The first-order chi connectivity index (χ1) is 7.90. The maximum absolute atomic E-state index is 5.94. The van der Waals surface area contributed by atoms with Gasteiger partial charge in [0.2, 0.25) is 0 Å². The number of benzene rings is 1. The van der Waals surface area contributed by atoms with Crippen LogP contribution in [0.15, 0.2) is 18.2 Å². The fourth-order valence-corrected chi connectivity index (χ4v) is 2.22. The summed E-state index contributed by atoms with van der Waals surface area (Å²) in [6, 6.07) is 5.94. The Kier molecular flexibility index (Phi) is 5.22. The Balaban J connectivity index is 2.86. The van der Waals surface area contributed by atoms with E-state index in [-0.39, 0.29) is 0 Å². The van der Waals surface area contributed by atoms with Crippen LogP contribution in [0.25, 0.3) is 0 Å². The van der Waals surface area contributed by atoms with Gasteiger partial charge < -0.3 is 11.1 Å². The molecule has 3 N–H and O–H groups in total. The number of rotatable bonds is 5. The van der Waals surface area contributed by atoms with E-state index in [9.17, 15) is 0 Å². The fourth-order valence-electron chi connectivity index (χ4n) is 1.88. The highest BCUT2D eigenvalue weighted by Gasteiger charge is 2.10. The number of halogens is 1. The van der Waals surface area contributed by atoms with Gasteiger partial charge in [-0.2, -0.15) is 0 Å². The predicted octanol–water partition coefficient (Wildman–Crippen LogP) is 3.82. The molecule has 4 heteroatoms. The van der Waals surface area contributed by atoms with E-state index in [1.807, 2.05) is 12.1 Å². The Morgan fingerprint density at radius 2 is 2.06 bits per heavy atom. The van der Waals surface area contributed by atoms with Gasteiger partial charge in [-0.15, -0.1) is 0 Å². The van der Waals surface area contributed by atoms with E-state index in [4.69, 9.17) is 29.6 Å². The first-order valence-electron chi connectivity index (χ1n) is 5.76. The van der Waals surface area contributed by atoms with Crippen molar-refractivity contribution in [1.29, 1.82) is 0 Å². The molecule has 1 rings (SSSR count). The summed E-state index contributed by atoms with van der Waals surface area (Å²) < 4.78 is 0. The second-order valence-corrected chi connectivity index (χ2v) is 5.61. The molecule has 0 radical (unpaired) electrons. The van der Waals surface area contributed by atoms with Gasteiger partial charge in [0.25, 0.3) is 0 Å². The van der Waals surface area contributed by atoms with Gasteiger partial charge >= 0.3 is 0 Å². The van der Waals surface area contributed by atoms with E-state index in [0.29, 0.717) is 22.0 Å². The molecule has 0 saturated heterocycles. The number of anilines is 1. The van der Waals surface area contributed by atoms with Gasteiger partial charge in [0.15, 0.2) is 0 Å². The predicted molar refractivity (Wildman–Crippen MR) is 79.9 cm³/mol. The van der Waals surface area contributed by atoms with Crippen molar-refractivity contribution in [1.82, 2.24) is 0 Å². The highest BCUT2D eigenvalue weighted by Crippen LogP contribution is 2.22. The molecule has 1 aromatic rings. The lowest BCUT2D eigenvalue weighted by Gasteiger charge is -2.19. The summed E-state index contributed by atoms with van der Waals surface area (Å²) in [5.41, 5.74) is 7.46.